The van der Waals surface area contributed by atoms with Gasteiger partial charge in [0.25, 0.3) is 0 Å². The molecule has 1 N–H and O–H groups in total. The molecule has 0 fully saturated rings. The number of fused-ring (bicyclic) bond motifs is 21. The Labute approximate surface area is 405 Å². The number of carbonyl (C=O) groups is 2. The number of aromatic hydroxyl groups is 1. The van der Waals surface area contributed by atoms with Crippen LogP contribution in [-0.4, -0.2) is 74.7 Å². The number of esters is 1. The minimum Gasteiger partial charge on any atom is -0.504 e. The Morgan fingerprint density at radius 3 is 1.74 bits per heavy atom. The van der Waals surface area contributed by atoms with Crippen LogP contribution in [0.4, 0.5) is 0 Å². The molecule has 0 saturated carbocycles. The first-order valence-corrected chi connectivity index (χ1v) is 24.7. The van der Waals surface area contributed by atoms with Gasteiger partial charge in [-0.25, -0.2) is 0 Å². The second-order valence-electron chi connectivity index (χ2n) is 17.9. The maximum absolute atomic E-state index is 13.9. The molecule has 3 aliphatic rings. The van der Waals surface area contributed by atoms with Gasteiger partial charge in [0.15, 0.2) is 34.5 Å². The summed E-state index contributed by atoms with van der Waals surface area (Å²) >= 11 is 0. The van der Waals surface area contributed by atoms with Crippen molar-refractivity contribution in [1.82, 2.24) is 4.90 Å². The van der Waals surface area contributed by atoms with E-state index in [9.17, 15) is 14.7 Å². The zero-order valence-electron chi connectivity index (χ0n) is 39.7. The van der Waals surface area contributed by atoms with E-state index in [0.29, 0.717) is 73.1 Å². The quantitative estimate of drug-likeness (QED) is 0.102. The molecule has 0 aromatic heterocycles. The predicted molar refractivity (Wildman–Crippen MR) is 269 cm³/mol. The van der Waals surface area contributed by atoms with Gasteiger partial charge in [0, 0.05) is 37.1 Å². The Kier molecular flexibility index (Phi) is 17.8. The minimum absolute atomic E-state index is 0.0374. The summed E-state index contributed by atoms with van der Waals surface area (Å²) in [5.74, 6) is 2.06. The standard InChI is InChI=1S/C58H65NO10/c1-42-35-49-47-21-15-13-19-45(47)38-53(57(49)62)67-33-29-64-28-32-66-52-37-44-25-26-51(52)65-31-27-63-30-34-68-54-39-46-20-14-16-22-48(46)50(36-42)58(54)69-56(61)24-12-7-5-3-2-4-6-11-23-55(60)59(41-44)40-43-17-9-8-10-18-43/h8-10,13-22,25-26,37-39,62H,1-7,11-12,23-24,27-36,40-41H2. The third-order valence-electron chi connectivity index (χ3n) is 12.6. The van der Waals surface area contributed by atoms with Gasteiger partial charge in [-0.2, -0.15) is 0 Å². The fourth-order valence-electron chi connectivity index (χ4n) is 9.12. The molecule has 0 radical (unpaired) electrons. The molecule has 0 unspecified atom stereocenters. The average molecular weight is 936 g/mol. The van der Waals surface area contributed by atoms with Gasteiger partial charge >= 0.3 is 5.97 Å². The van der Waals surface area contributed by atoms with Crippen LogP contribution in [-0.2, 0) is 45.0 Å². The molecule has 3 heterocycles. The van der Waals surface area contributed by atoms with Gasteiger partial charge in [-0.15, -0.1) is 0 Å². The number of amides is 1. The van der Waals surface area contributed by atoms with E-state index in [1.165, 1.54) is 0 Å². The number of ether oxygens (including phenoxy) is 7. The van der Waals surface area contributed by atoms with Gasteiger partial charge in [0.05, 0.1) is 26.4 Å². The molecule has 0 atom stereocenters. The molecule has 9 rings (SSSR count). The van der Waals surface area contributed by atoms with Gasteiger partial charge in [0.1, 0.15) is 26.4 Å². The number of carbonyl (C=O) groups excluding carboxylic acids is 2. The summed E-state index contributed by atoms with van der Waals surface area (Å²) in [6, 6.07) is 35.5. The topological polar surface area (TPSA) is 122 Å². The average Bonchev–Trinajstić information content (AvgIpc) is 3.35. The highest BCUT2D eigenvalue weighted by Crippen LogP contribution is 2.42. The second kappa shape index (κ2) is 25.2. The SMILES string of the molecule is C=C1Cc2c(O)c(cc3ccccc23)OCCOCCOc2cc3ccc2OCCOCCOc2cc4ccccc4c(c2OC(=O)CCCCCCCCCCC(=O)N(Cc2ccccc2)C3)C1. The van der Waals surface area contributed by atoms with Gasteiger partial charge < -0.3 is 43.2 Å². The summed E-state index contributed by atoms with van der Waals surface area (Å²) in [6.07, 6.45) is 9.07. The molecule has 0 aliphatic carbocycles. The molecule has 8 bridgehead atoms. The maximum atomic E-state index is 13.9. The molecular formula is C58H65NO10. The number of phenols is 1. The predicted octanol–water partition coefficient (Wildman–Crippen LogP) is 11.7. The van der Waals surface area contributed by atoms with E-state index < -0.39 is 0 Å². The van der Waals surface area contributed by atoms with Crippen molar-refractivity contribution < 1.29 is 47.9 Å². The lowest BCUT2D eigenvalue weighted by Gasteiger charge is -2.24. The van der Waals surface area contributed by atoms with Gasteiger partial charge in [-0.3, -0.25) is 9.59 Å². The van der Waals surface area contributed by atoms with Gasteiger partial charge in [-0.05, 0) is 82.6 Å². The fourth-order valence-corrected chi connectivity index (χ4v) is 9.12. The van der Waals surface area contributed by atoms with Crippen molar-refractivity contribution >= 4 is 33.4 Å². The summed E-state index contributed by atoms with van der Waals surface area (Å²) in [5.41, 5.74) is 4.26. The lowest BCUT2D eigenvalue weighted by molar-refractivity contribution is -0.135. The highest BCUT2D eigenvalue weighted by molar-refractivity contribution is 5.92. The third kappa shape index (κ3) is 13.8. The highest BCUT2D eigenvalue weighted by Gasteiger charge is 2.23. The Balaban J connectivity index is 1.11. The van der Waals surface area contributed by atoms with E-state index in [1.807, 2.05) is 114 Å². The highest BCUT2D eigenvalue weighted by atomic mass is 16.6. The van der Waals surface area contributed by atoms with Crippen molar-refractivity contribution in [2.24, 2.45) is 0 Å². The summed E-state index contributed by atoms with van der Waals surface area (Å²) in [5, 5.41) is 15.5. The van der Waals surface area contributed by atoms with Crippen LogP contribution in [0.3, 0.4) is 0 Å². The number of rotatable bonds is 2. The largest absolute Gasteiger partial charge is 0.504 e. The van der Waals surface area contributed by atoms with Crippen LogP contribution in [0, 0.1) is 0 Å². The molecule has 362 valence electrons. The van der Waals surface area contributed by atoms with Crippen molar-refractivity contribution in [2.45, 2.75) is 90.1 Å². The lowest BCUT2D eigenvalue weighted by Crippen LogP contribution is -2.30. The van der Waals surface area contributed by atoms with Crippen LogP contribution in [0.15, 0.2) is 121 Å². The first-order chi connectivity index (χ1) is 33.9. The Bertz CT molecular complexity index is 2660. The zero-order chi connectivity index (χ0) is 47.6. The number of allylic oxidation sites excluding steroid dienone is 1. The maximum Gasteiger partial charge on any atom is 0.311 e. The molecule has 11 nitrogen and oxygen atoms in total. The number of phenolic OH excluding ortho intramolecular Hbond substituents is 1. The number of hydrogen-bond donors (Lipinski definition) is 1. The van der Waals surface area contributed by atoms with Gasteiger partial charge in [0.2, 0.25) is 5.91 Å². The number of hydrogen-bond acceptors (Lipinski definition) is 10. The second-order valence-corrected chi connectivity index (χ2v) is 17.9. The van der Waals surface area contributed by atoms with Crippen molar-refractivity contribution in [2.75, 3.05) is 52.9 Å². The van der Waals surface area contributed by atoms with E-state index in [2.05, 4.69) is 6.58 Å². The van der Waals surface area contributed by atoms with Crippen molar-refractivity contribution in [1.29, 1.82) is 0 Å². The number of benzene rings is 6. The van der Waals surface area contributed by atoms with E-state index in [-0.39, 0.29) is 76.9 Å². The van der Waals surface area contributed by atoms with Crippen molar-refractivity contribution in [3.63, 3.8) is 0 Å². The Morgan fingerprint density at radius 1 is 0.522 bits per heavy atom. The molecule has 3 aliphatic heterocycles. The normalized spacial score (nSPS) is 17.3. The zero-order valence-corrected chi connectivity index (χ0v) is 39.7. The first-order valence-electron chi connectivity index (χ1n) is 24.7. The molecule has 6 aromatic rings. The van der Waals surface area contributed by atoms with E-state index in [1.54, 1.807) is 0 Å². The smallest absolute Gasteiger partial charge is 0.311 e. The van der Waals surface area contributed by atoms with Crippen LogP contribution in [0.25, 0.3) is 21.5 Å². The Morgan fingerprint density at radius 2 is 1.06 bits per heavy atom. The molecule has 69 heavy (non-hydrogen) atoms. The summed E-state index contributed by atoms with van der Waals surface area (Å²) < 4.78 is 43.5. The molecule has 1 amide bonds. The van der Waals surface area contributed by atoms with Gasteiger partial charge in [-0.1, -0.05) is 136 Å². The van der Waals surface area contributed by atoms with E-state index in [0.717, 1.165) is 88.8 Å². The third-order valence-corrected chi connectivity index (χ3v) is 12.6. The monoisotopic (exact) mass is 935 g/mol. The van der Waals surface area contributed by atoms with Crippen LogP contribution >= 0.6 is 0 Å². The number of nitrogens with zero attached hydrogens (tertiary/aromatic N) is 1. The molecule has 0 spiro atoms. The van der Waals surface area contributed by atoms with Crippen LogP contribution in [0.1, 0.15) is 86.5 Å². The molecule has 6 aromatic carbocycles. The van der Waals surface area contributed by atoms with E-state index >= 15 is 0 Å². The van der Waals surface area contributed by atoms with Crippen molar-refractivity contribution in [3.8, 4) is 34.5 Å². The Hall–Kier alpha value is -6.56. The summed E-state index contributed by atoms with van der Waals surface area (Å²) in [6.45, 7) is 7.35. The minimum atomic E-state index is -0.327. The van der Waals surface area contributed by atoms with Crippen LogP contribution in [0.2, 0.25) is 0 Å². The fraction of sp³-hybridized carbons (Fsp3) is 0.379. The van der Waals surface area contributed by atoms with Crippen LogP contribution < -0.4 is 23.7 Å². The van der Waals surface area contributed by atoms with E-state index in [4.69, 9.17) is 33.2 Å². The molecule has 11 heteroatoms. The summed E-state index contributed by atoms with van der Waals surface area (Å²) in [7, 11) is 0. The summed E-state index contributed by atoms with van der Waals surface area (Å²) in [4.78, 5) is 29.6. The lowest BCUT2D eigenvalue weighted by atomic mass is 9.92. The molecule has 0 saturated heterocycles. The van der Waals surface area contributed by atoms with Crippen molar-refractivity contribution in [3.05, 3.63) is 144 Å². The first kappa shape index (κ1) is 48.9. The van der Waals surface area contributed by atoms with Crippen LogP contribution in [0.5, 0.6) is 34.5 Å². The molecular weight excluding hydrogens is 871 g/mol.